The number of aryl methyl sites for hydroxylation is 1. The maximum Gasteiger partial charge on any atom is 0.306 e. The first-order chi connectivity index (χ1) is 8.88. The van der Waals surface area contributed by atoms with Crippen molar-refractivity contribution in [1.82, 2.24) is 0 Å². The molecule has 106 valence electrons. The van der Waals surface area contributed by atoms with Crippen LogP contribution in [-0.4, -0.2) is 27.2 Å². The molecule has 0 unspecified atom stereocenters. The van der Waals surface area contributed by atoms with Gasteiger partial charge in [-0.25, -0.2) is 8.42 Å². The third-order valence-electron chi connectivity index (χ3n) is 2.52. The molecule has 0 amide bonds. The summed E-state index contributed by atoms with van der Waals surface area (Å²) in [6.45, 7) is 1.94. The first-order valence-electron chi connectivity index (χ1n) is 5.73. The summed E-state index contributed by atoms with van der Waals surface area (Å²) in [7, 11) is -2.32. The molecule has 5 nitrogen and oxygen atoms in total. The molecule has 0 radical (unpaired) electrons. The Morgan fingerprint density at radius 1 is 1.42 bits per heavy atom. The highest BCUT2D eigenvalue weighted by atomic mass is 79.9. The zero-order chi connectivity index (χ0) is 14.5. The van der Waals surface area contributed by atoms with E-state index >= 15 is 0 Å². The van der Waals surface area contributed by atoms with Crippen molar-refractivity contribution in [1.29, 1.82) is 0 Å². The maximum atomic E-state index is 11.8. The lowest BCUT2D eigenvalue weighted by atomic mass is 10.1. The Morgan fingerprint density at radius 2 is 2.11 bits per heavy atom. The average molecular weight is 350 g/mol. The van der Waals surface area contributed by atoms with Crippen LogP contribution < -0.4 is 4.72 Å². The number of nitrogens with one attached hydrogen (secondary N) is 1. The maximum absolute atomic E-state index is 11.8. The summed E-state index contributed by atoms with van der Waals surface area (Å²) in [6, 6.07) is 5.31. The van der Waals surface area contributed by atoms with E-state index < -0.39 is 16.0 Å². The van der Waals surface area contributed by atoms with Gasteiger partial charge in [0.2, 0.25) is 10.0 Å². The van der Waals surface area contributed by atoms with Gasteiger partial charge in [-0.05, 0) is 30.2 Å². The minimum absolute atomic E-state index is 0.163. The largest absolute Gasteiger partial charge is 0.469 e. The molecular weight excluding hydrogens is 334 g/mol. The Bertz CT molecular complexity index is 557. The minimum Gasteiger partial charge on any atom is -0.469 e. The van der Waals surface area contributed by atoms with Gasteiger partial charge in [-0.1, -0.05) is 22.9 Å². The molecule has 1 rings (SSSR count). The number of sulfonamides is 1. The van der Waals surface area contributed by atoms with Gasteiger partial charge in [-0.3, -0.25) is 9.52 Å². The van der Waals surface area contributed by atoms with Gasteiger partial charge in [-0.2, -0.15) is 0 Å². The molecule has 0 bridgehead atoms. The first kappa shape index (κ1) is 16.0. The van der Waals surface area contributed by atoms with Crippen molar-refractivity contribution < 1.29 is 17.9 Å². The molecule has 0 heterocycles. The van der Waals surface area contributed by atoms with E-state index in [-0.39, 0.29) is 12.2 Å². The van der Waals surface area contributed by atoms with Crippen molar-refractivity contribution in [3.8, 4) is 0 Å². The van der Waals surface area contributed by atoms with E-state index in [0.29, 0.717) is 12.1 Å². The monoisotopic (exact) mass is 349 g/mol. The van der Waals surface area contributed by atoms with Crippen LogP contribution in [0.2, 0.25) is 0 Å². The highest BCUT2D eigenvalue weighted by molar-refractivity contribution is 9.10. The number of halogens is 1. The number of methoxy groups -OCH3 is 1. The third kappa shape index (κ3) is 5.20. The SMILES string of the molecule is CCc1cc(Br)ccc1NS(=O)(=O)CCC(=O)OC. The Balaban J connectivity index is 2.80. The Labute approximate surface area is 121 Å². The van der Waals surface area contributed by atoms with Crippen molar-refractivity contribution in [2.75, 3.05) is 17.6 Å². The van der Waals surface area contributed by atoms with E-state index in [2.05, 4.69) is 25.4 Å². The van der Waals surface area contributed by atoms with Crippen LogP contribution in [-0.2, 0) is 26.0 Å². The number of ether oxygens (including phenoxy) is 1. The predicted octanol–water partition coefficient (Wildman–Crippen LogP) is 2.32. The second kappa shape index (κ2) is 6.91. The molecule has 0 spiro atoms. The van der Waals surface area contributed by atoms with Crippen molar-refractivity contribution in [2.45, 2.75) is 19.8 Å². The van der Waals surface area contributed by atoms with Crippen LogP contribution in [0.1, 0.15) is 18.9 Å². The Morgan fingerprint density at radius 3 is 2.68 bits per heavy atom. The number of anilines is 1. The molecule has 7 heteroatoms. The number of esters is 1. The number of benzene rings is 1. The van der Waals surface area contributed by atoms with Crippen LogP contribution in [0.25, 0.3) is 0 Å². The number of hydrogen-bond donors (Lipinski definition) is 1. The predicted molar refractivity (Wildman–Crippen MR) is 77.6 cm³/mol. The fraction of sp³-hybridized carbons (Fsp3) is 0.417. The van der Waals surface area contributed by atoms with Gasteiger partial charge in [0.05, 0.1) is 25.0 Å². The van der Waals surface area contributed by atoms with Gasteiger partial charge in [0.25, 0.3) is 0 Å². The van der Waals surface area contributed by atoms with Gasteiger partial charge in [0.15, 0.2) is 0 Å². The fourth-order valence-electron chi connectivity index (χ4n) is 1.49. The molecule has 1 aromatic rings. The summed E-state index contributed by atoms with van der Waals surface area (Å²) < 4.78 is 31.5. The molecule has 0 atom stereocenters. The van der Waals surface area contributed by atoms with E-state index in [4.69, 9.17) is 0 Å². The van der Waals surface area contributed by atoms with Crippen LogP contribution in [0.4, 0.5) is 5.69 Å². The van der Waals surface area contributed by atoms with Gasteiger partial charge < -0.3 is 4.74 Å². The molecule has 0 aliphatic carbocycles. The van der Waals surface area contributed by atoms with Gasteiger partial charge in [0, 0.05) is 4.47 Å². The van der Waals surface area contributed by atoms with Crippen LogP contribution in [0.3, 0.4) is 0 Å². The van der Waals surface area contributed by atoms with Gasteiger partial charge >= 0.3 is 5.97 Å². The number of carbonyl (C=O) groups is 1. The molecule has 0 aromatic heterocycles. The zero-order valence-electron chi connectivity index (χ0n) is 10.8. The molecule has 1 aromatic carbocycles. The molecule has 0 aliphatic rings. The van der Waals surface area contributed by atoms with Crippen molar-refractivity contribution >= 4 is 37.6 Å². The summed E-state index contributed by atoms with van der Waals surface area (Å²) in [4.78, 5) is 11.0. The summed E-state index contributed by atoms with van der Waals surface area (Å²) >= 11 is 3.34. The normalized spacial score (nSPS) is 11.1. The molecule has 1 N–H and O–H groups in total. The second-order valence-corrected chi connectivity index (χ2v) is 6.66. The lowest BCUT2D eigenvalue weighted by Gasteiger charge is -2.11. The lowest BCUT2D eigenvalue weighted by molar-refractivity contribution is -0.140. The van der Waals surface area contributed by atoms with E-state index in [1.165, 1.54) is 7.11 Å². The first-order valence-corrected chi connectivity index (χ1v) is 8.18. The summed E-state index contributed by atoms with van der Waals surface area (Å²) in [5.74, 6) is -0.837. The van der Waals surface area contributed by atoms with E-state index in [9.17, 15) is 13.2 Å². The smallest absolute Gasteiger partial charge is 0.306 e. The van der Waals surface area contributed by atoms with Crippen LogP contribution in [0.5, 0.6) is 0 Å². The molecule has 0 saturated heterocycles. The molecule has 0 aliphatic heterocycles. The summed E-state index contributed by atoms with van der Waals surface area (Å²) in [5.41, 5.74) is 1.42. The quantitative estimate of drug-likeness (QED) is 0.800. The lowest BCUT2D eigenvalue weighted by Crippen LogP contribution is -2.20. The Hall–Kier alpha value is -1.08. The highest BCUT2D eigenvalue weighted by Crippen LogP contribution is 2.22. The number of carbonyl (C=O) groups excluding carboxylic acids is 1. The van der Waals surface area contributed by atoms with Gasteiger partial charge in [0.1, 0.15) is 0 Å². The van der Waals surface area contributed by atoms with Crippen LogP contribution >= 0.6 is 15.9 Å². The second-order valence-electron chi connectivity index (χ2n) is 3.90. The van der Waals surface area contributed by atoms with Crippen LogP contribution in [0.15, 0.2) is 22.7 Å². The standard InChI is InChI=1S/C12H16BrNO4S/c1-3-9-8-10(13)4-5-11(9)14-19(16,17)7-6-12(15)18-2/h4-5,8,14H,3,6-7H2,1-2H3. The Kier molecular flexibility index (Phi) is 5.81. The molecular formula is C12H16BrNO4S. The average Bonchev–Trinajstić information content (AvgIpc) is 2.37. The van der Waals surface area contributed by atoms with E-state index in [1.54, 1.807) is 12.1 Å². The van der Waals surface area contributed by atoms with E-state index in [0.717, 1.165) is 10.0 Å². The fourth-order valence-corrected chi connectivity index (χ4v) is 2.97. The van der Waals surface area contributed by atoms with Crippen LogP contribution in [0, 0.1) is 0 Å². The molecule has 19 heavy (non-hydrogen) atoms. The minimum atomic E-state index is -3.55. The molecule has 0 saturated carbocycles. The van der Waals surface area contributed by atoms with Crippen molar-refractivity contribution in [2.24, 2.45) is 0 Å². The molecule has 0 fully saturated rings. The number of rotatable bonds is 6. The van der Waals surface area contributed by atoms with E-state index in [1.807, 2.05) is 13.0 Å². The van der Waals surface area contributed by atoms with Gasteiger partial charge in [-0.15, -0.1) is 0 Å². The van der Waals surface area contributed by atoms with Crippen molar-refractivity contribution in [3.63, 3.8) is 0 Å². The third-order valence-corrected chi connectivity index (χ3v) is 4.28. The topological polar surface area (TPSA) is 72.5 Å². The summed E-state index contributed by atoms with van der Waals surface area (Å²) in [6.07, 6.45) is 0.540. The van der Waals surface area contributed by atoms with Crippen molar-refractivity contribution in [3.05, 3.63) is 28.2 Å². The zero-order valence-corrected chi connectivity index (χ0v) is 13.2. The summed E-state index contributed by atoms with van der Waals surface area (Å²) in [5, 5.41) is 0. The number of hydrogen-bond acceptors (Lipinski definition) is 4. The highest BCUT2D eigenvalue weighted by Gasteiger charge is 2.15.